The second-order valence-electron chi connectivity index (χ2n) is 4.68. The first kappa shape index (κ1) is 14.6. The lowest BCUT2D eigenvalue weighted by atomic mass is 9.96. The van der Waals surface area contributed by atoms with Crippen molar-refractivity contribution >= 4 is 31.9 Å². The quantitative estimate of drug-likeness (QED) is 0.875. The first-order valence-corrected chi connectivity index (χ1v) is 7.28. The maximum absolute atomic E-state index is 10.7. The van der Waals surface area contributed by atoms with Crippen molar-refractivity contribution in [3.8, 4) is 0 Å². The Kier molecular flexibility index (Phi) is 4.08. The van der Waals surface area contributed by atoms with Gasteiger partial charge in [-0.05, 0) is 45.7 Å². The molecule has 2 aromatic heterocycles. The molecule has 102 valence electrons. The summed E-state index contributed by atoms with van der Waals surface area (Å²) in [5.41, 5.74) is 1.20. The molecule has 5 nitrogen and oxygen atoms in total. The van der Waals surface area contributed by atoms with Gasteiger partial charge < -0.3 is 9.67 Å². The maximum atomic E-state index is 10.7. The van der Waals surface area contributed by atoms with Gasteiger partial charge in [0.15, 0.2) is 4.73 Å². The van der Waals surface area contributed by atoms with Gasteiger partial charge >= 0.3 is 0 Å². The topological polar surface area (TPSA) is 63.8 Å². The largest absolute Gasteiger partial charge is 0.383 e. The van der Waals surface area contributed by atoms with Crippen LogP contribution >= 0.6 is 31.9 Å². The molecule has 1 atom stereocenters. The van der Waals surface area contributed by atoms with E-state index in [9.17, 15) is 5.11 Å². The Morgan fingerprint density at radius 1 is 1.32 bits per heavy atom. The van der Waals surface area contributed by atoms with Gasteiger partial charge in [-0.2, -0.15) is 0 Å². The first-order chi connectivity index (χ1) is 8.81. The van der Waals surface area contributed by atoms with Crippen LogP contribution in [0.5, 0.6) is 0 Å². The molecule has 2 aromatic rings. The molecule has 2 heterocycles. The van der Waals surface area contributed by atoms with E-state index in [0.717, 1.165) is 11.4 Å². The third kappa shape index (κ3) is 3.04. The Bertz CT molecular complexity index is 593. The summed E-state index contributed by atoms with van der Waals surface area (Å²) >= 11 is 6.71. The molecule has 0 aromatic carbocycles. The number of aliphatic hydroxyl groups is 1. The molecule has 0 saturated heterocycles. The highest BCUT2D eigenvalue weighted by Crippen LogP contribution is 2.32. The van der Waals surface area contributed by atoms with E-state index in [1.165, 1.54) is 0 Å². The summed E-state index contributed by atoms with van der Waals surface area (Å²) < 4.78 is 3.07. The van der Waals surface area contributed by atoms with Crippen LogP contribution in [0, 0.1) is 6.92 Å². The smallest absolute Gasteiger partial charge is 0.178 e. The molecule has 0 aliphatic heterocycles. The van der Waals surface area contributed by atoms with Crippen LogP contribution in [0.1, 0.15) is 24.0 Å². The third-order valence-electron chi connectivity index (χ3n) is 2.87. The number of nitrogens with zero attached hydrogens (tertiary/aromatic N) is 4. The van der Waals surface area contributed by atoms with Crippen LogP contribution < -0.4 is 0 Å². The summed E-state index contributed by atoms with van der Waals surface area (Å²) in [6.45, 7) is 3.62. The van der Waals surface area contributed by atoms with Gasteiger partial charge in [0.25, 0.3) is 0 Å². The molecule has 0 radical (unpaired) electrons. The fraction of sp³-hybridized carbons (Fsp3) is 0.417. The molecule has 0 aliphatic rings. The van der Waals surface area contributed by atoms with Crippen LogP contribution in [0.25, 0.3) is 0 Å². The summed E-state index contributed by atoms with van der Waals surface area (Å²) in [5, 5.41) is 10.7. The second-order valence-corrected chi connectivity index (χ2v) is 6.14. The van der Waals surface area contributed by atoms with Gasteiger partial charge in [-0.1, -0.05) is 0 Å². The Balaban J connectivity index is 2.34. The van der Waals surface area contributed by atoms with Crippen molar-refractivity contribution in [3.05, 3.63) is 38.8 Å². The van der Waals surface area contributed by atoms with Gasteiger partial charge in [0, 0.05) is 25.9 Å². The molecule has 1 unspecified atom stereocenters. The molecule has 0 spiro atoms. The van der Waals surface area contributed by atoms with Gasteiger partial charge in [0.05, 0.1) is 17.1 Å². The van der Waals surface area contributed by atoms with Crippen molar-refractivity contribution in [3.63, 3.8) is 0 Å². The van der Waals surface area contributed by atoms with Crippen LogP contribution in [0.4, 0.5) is 0 Å². The van der Waals surface area contributed by atoms with Crippen LogP contribution in [0.2, 0.25) is 0 Å². The van der Waals surface area contributed by atoms with Crippen molar-refractivity contribution in [2.45, 2.75) is 25.9 Å². The van der Waals surface area contributed by atoms with Crippen LogP contribution in [0.15, 0.2) is 21.7 Å². The standard InChI is InChI=1S/C12H14Br2N4O/c1-7-5-16-8(6-15-7)4-12(2,19)9-10(13)17-11(14)18(9)3/h5-6,19H,4H2,1-3H3. The molecule has 7 heteroatoms. The maximum Gasteiger partial charge on any atom is 0.178 e. The van der Waals surface area contributed by atoms with Crippen LogP contribution in [-0.2, 0) is 19.1 Å². The Labute approximate surface area is 128 Å². The zero-order valence-electron chi connectivity index (χ0n) is 10.9. The van der Waals surface area contributed by atoms with E-state index >= 15 is 0 Å². The van der Waals surface area contributed by atoms with E-state index in [1.54, 1.807) is 23.9 Å². The van der Waals surface area contributed by atoms with Crippen molar-refractivity contribution in [1.82, 2.24) is 19.5 Å². The summed E-state index contributed by atoms with van der Waals surface area (Å²) in [4.78, 5) is 12.7. The molecular formula is C12H14Br2N4O. The fourth-order valence-electron chi connectivity index (χ4n) is 1.97. The summed E-state index contributed by atoms with van der Waals surface area (Å²) in [6, 6.07) is 0. The van der Waals surface area contributed by atoms with Crippen molar-refractivity contribution in [2.24, 2.45) is 7.05 Å². The normalized spacial score (nSPS) is 14.4. The van der Waals surface area contributed by atoms with E-state index in [0.29, 0.717) is 21.5 Å². The van der Waals surface area contributed by atoms with E-state index in [1.807, 2.05) is 14.0 Å². The SMILES string of the molecule is Cc1cnc(CC(C)(O)c2c(Br)nc(Br)n2C)cn1. The molecule has 19 heavy (non-hydrogen) atoms. The van der Waals surface area contributed by atoms with Gasteiger partial charge in [-0.15, -0.1) is 0 Å². The zero-order chi connectivity index (χ0) is 14.2. The number of halogens is 2. The van der Waals surface area contributed by atoms with E-state index < -0.39 is 5.60 Å². The average molecular weight is 390 g/mol. The summed E-state index contributed by atoms with van der Waals surface area (Å²) in [7, 11) is 1.84. The first-order valence-electron chi connectivity index (χ1n) is 5.69. The van der Waals surface area contributed by atoms with Gasteiger partial charge in [-0.25, -0.2) is 4.98 Å². The summed E-state index contributed by atoms with van der Waals surface area (Å²) in [5.74, 6) is 0. The highest BCUT2D eigenvalue weighted by Gasteiger charge is 2.31. The lowest BCUT2D eigenvalue weighted by molar-refractivity contribution is 0.0480. The predicted octanol–water partition coefficient (Wildman–Crippen LogP) is 2.49. The molecular weight excluding hydrogens is 376 g/mol. The number of aryl methyl sites for hydroxylation is 1. The fourth-order valence-corrected chi connectivity index (χ4v) is 3.42. The Morgan fingerprint density at radius 3 is 2.47 bits per heavy atom. The van der Waals surface area contributed by atoms with Gasteiger partial charge in [-0.3, -0.25) is 9.97 Å². The van der Waals surface area contributed by atoms with Crippen molar-refractivity contribution in [2.75, 3.05) is 0 Å². The number of aromatic nitrogens is 4. The monoisotopic (exact) mass is 388 g/mol. The Hall–Kier alpha value is -0.790. The van der Waals surface area contributed by atoms with E-state index in [-0.39, 0.29) is 0 Å². The van der Waals surface area contributed by atoms with Crippen molar-refractivity contribution < 1.29 is 5.11 Å². The average Bonchev–Trinajstić information content (AvgIpc) is 2.56. The van der Waals surface area contributed by atoms with Gasteiger partial charge in [0.2, 0.25) is 0 Å². The highest BCUT2D eigenvalue weighted by atomic mass is 79.9. The highest BCUT2D eigenvalue weighted by molar-refractivity contribution is 9.11. The number of imidazole rings is 1. The molecule has 0 amide bonds. The molecule has 1 N–H and O–H groups in total. The number of rotatable bonds is 3. The predicted molar refractivity (Wildman–Crippen MR) is 78.7 cm³/mol. The van der Waals surface area contributed by atoms with E-state index in [4.69, 9.17) is 0 Å². The third-order valence-corrected chi connectivity index (χ3v) is 4.13. The van der Waals surface area contributed by atoms with Gasteiger partial charge in [0.1, 0.15) is 10.2 Å². The van der Waals surface area contributed by atoms with E-state index in [2.05, 4.69) is 46.8 Å². The molecule has 0 fully saturated rings. The minimum atomic E-state index is -1.09. The summed E-state index contributed by atoms with van der Waals surface area (Å²) in [6.07, 6.45) is 3.74. The van der Waals surface area contributed by atoms with Crippen LogP contribution in [-0.4, -0.2) is 24.6 Å². The van der Waals surface area contributed by atoms with Crippen molar-refractivity contribution in [1.29, 1.82) is 0 Å². The number of hydrogen-bond donors (Lipinski definition) is 1. The lowest BCUT2D eigenvalue weighted by Crippen LogP contribution is -2.28. The second kappa shape index (κ2) is 5.30. The van der Waals surface area contributed by atoms with Crippen LogP contribution in [0.3, 0.4) is 0 Å². The number of hydrogen-bond acceptors (Lipinski definition) is 4. The molecule has 0 aliphatic carbocycles. The minimum absolute atomic E-state index is 0.366. The Morgan fingerprint density at radius 2 is 2.00 bits per heavy atom. The molecule has 0 bridgehead atoms. The lowest BCUT2D eigenvalue weighted by Gasteiger charge is -2.24. The molecule has 0 saturated carbocycles. The minimum Gasteiger partial charge on any atom is -0.383 e. The molecule has 2 rings (SSSR count). The zero-order valence-corrected chi connectivity index (χ0v) is 14.0.